The minimum Gasteiger partial charge on any atom is -0.387 e. The zero-order valence-electron chi connectivity index (χ0n) is 9.75. The van der Waals surface area contributed by atoms with Crippen molar-refractivity contribution in [3.63, 3.8) is 0 Å². The number of hydrogen-bond acceptors (Lipinski definition) is 8. The van der Waals surface area contributed by atoms with Gasteiger partial charge >= 0.3 is 5.69 Å². The number of aliphatic hydroxyl groups is 3. The van der Waals surface area contributed by atoms with Crippen molar-refractivity contribution in [1.82, 2.24) is 9.55 Å². The Bertz CT molecular complexity index is 574. The maximum absolute atomic E-state index is 11.6. The number of aromatic amines is 1. The highest BCUT2D eigenvalue weighted by molar-refractivity contribution is 14.1. The van der Waals surface area contributed by atoms with Crippen LogP contribution >= 0.6 is 23.0 Å². The Hall–Kier alpha value is -0.830. The number of hydrogen-bond donors (Lipinski definition) is 4. The molecule has 2 rings (SSSR count). The van der Waals surface area contributed by atoms with Gasteiger partial charge in [0.15, 0.2) is 29.2 Å². The minimum absolute atomic E-state index is 0.613. The van der Waals surface area contributed by atoms with Crippen LogP contribution in [0.5, 0.6) is 0 Å². The SMILES string of the molecule is O=c1ccn([C@@H]2O[C@H](C(O)OOI)[C@@H](O)[C@H]2O)c(=O)[nH]1. The molecule has 1 aliphatic rings. The summed E-state index contributed by atoms with van der Waals surface area (Å²) in [5, 5.41) is 29.1. The van der Waals surface area contributed by atoms with E-state index in [1.165, 1.54) is 23.0 Å². The fraction of sp³-hybridized carbons (Fsp3) is 0.556. The van der Waals surface area contributed by atoms with Crippen LogP contribution in [0.4, 0.5) is 0 Å². The predicted octanol–water partition coefficient (Wildman–Crippen LogP) is -2.23. The third-order valence-corrected chi connectivity index (χ3v) is 3.02. The first-order valence-corrected chi connectivity index (χ1v) is 6.29. The molecule has 0 radical (unpaired) electrons. The summed E-state index contributed by atoms with van der Waals surface area (Å²) in [7, 11) is 0. The van der Waals surface area contributed by atoms with Crippen molar-refractivity contribution in [2.75, 3.05) is 0 Å². The van der Waals surface area contributed by atoms with Crippen molar-refractivity contribution in [3.8, 4) is 0 Å². The molecule has 0 amide bonds. The molecule has 2 heterocycles. The third-order valence-electron chi connectivity index (χ3n) is 2.82. The van der Waals surface area contributed by atoms with Crippen molar-refractivity contribution in [3.05, 3.63) is 33.1 Å². The molecule has 112 valence electrons. The molecule has 1 aromatic heterocycles. The molecule has 1 aromatic rings. The summed E-state index contributed by atoms with van der Waals surface area (Å²) in [4.78, 5) is 28.9. The van der Waals surface area contributed by atoms with E-state index in [4.69, 9.17) is 4.74 Å². The molecule has 1 fully saturated rings. The average Bonchev–Trinajstić information content (AvgIpc) is 2.67. The van der Waals surface area contributed by atoms with Crippen LogP contribution in [0.3, 0.4) is 0 Å². The van der Waals surface area contributed by atoms with E-state index in [2.05, 4.69) is 8.10 Å². The summed E-state index contributed by atoms with van der Waals surface area (Å²) in [6.07, 6.45) is -6.20. The van der Waals surface area contributed by atoms with E-state index in [0.29, 0.717) is 0 Å². The van der Waals surface area contributed by atoms with Crippen LogP contribution in [-0.4, -0.2) is 49.5 Å². The molecule has 1 aliphatic heterocycles. The van der Waals surface area contributed by atoms with Crippen molar-refractivity contribution in [2.24, 2.45) is 0 Å². The van der Waals surface area contributed by atoms with E-state index in [0.717, 1.165) is 16.8 Å². The number of aliphatic hydroxyl groups excluding tert-OH is 3. The van der Waals surface area contributed by atoms with E-state index in [1.54, 1.807) is 0 Å². The number of aromatic nitrogens is 2. The van der Waals surface area contributed by atoms with E-state index in [9.17, 15) is 24.9 Å². The molecule has 4 N–H and O–H groups in total. The lowest BCUT2D eigenvalue weighted by Crippen LogP contribution is -2.40. The van der Waals surface area contributed by atoms with E-state index < -0.39 is 42.1 Å². The van der Waals surface area contributed by atoms with Crippen molar-refractivity contribution in [1.29, 1.82) is 0 Å². The smallest absolute Gasteiger partial charge is 0.330 e. The van der Waals surface area contributed by atoms with Crippen molar-refractivity contribution < 1.29 is 28.2 Å². The van der Waals surface area contributed by atoms with Crippen LogP contribution in [0.25, 0.3) is 0 Å². The van der Waals surface area contributed by atoms with E-state index >= 15 is 0 Å². The Kier molecular flexibility index (Phi) is 4.90. The highest BCUT2D eigenvalue weighted by Gasteiger charge is 2.48. The van der Waals surface area contributed by atoms with Gasteiger partial charge in [0.05, 0.1) is 0 Å². The van der Waals surface area contributed by atoms with Crippen LogP contribution in [0.2, 0.25) is 0 Å². The summed E-state index contributed by atoms with van der Waals surface area (Å²) in [6.45, 7) is 0. The molecule has 0 aromatic carbocycles. The van der Waals surface area contributed by atoms with Gasteiger partial charge in [0.2, 0.25) is 6.29 Å². The maximum atomic E-state index is 11.6. The zero-order chi connectivity index (χ0) is 14.9. The number of halogens is 1. The molecular formula is C9H11IN2O8. The molecule has 1 saturated heterocycles. The summed E-state index contributed by atoms with van der Waals surface area (Å²) in [5.74, 6) is 0. The number of rotatable bonds is 4. The Balaban J connectivity index is 2.26. The van der Waals surface area contributed by atoms with Gasteiger partial charge in [-0.25, -0.2) is 4.79 Å². The summed E-state index contributed by atoms with van der Waals surface area (Å²) >= 11 is 1.35. The van der Waals surface area contributed by atoms with Crippen LogP contribution in [0.1, 0.15) is 6.23 Å². The summed E-state index contributed by atoms with van der Waals surface area (Å²) in [5.41, 5.74) is -1.44. The molecule has 20 heavy (non-hydrogen) atoms. The molecule has 0 spiro atoms. The molecular weight excluding hydrogens is 391 g/mol. The second-order valence-electron chi connectivity index (χ2n) is 4.04. The van der Waals surface area contributed by atoms with Gasteiger partial charge in [0.1, 0.15) is 18.3 Å². The van der Waals surface area contributed by atoms with Gasteiger partial charge in [0.25, 0.3) is 5.56 Å². The van der Waals surface area contributed by atoms with Crippen LogP contribution in [0, 0.1) is 0 Å². The first-order valence-electron chi connectivity index (χ1n) is 5.41. The molecule has 1 unspecified atom stereocenters. The highest BCUT2D eigenvalue weighted by Crippen LogP contribution is 2.30. The average molecular weight is 402 g/mol. The van der Waals surface area contributed by atoms with Gasteiger partial charge in [-0.3, -0.25) is 14.3 Å². The quantitative estimate of drug-likeness (QED) is 0.192. The number of H-pyrrole nitrogens is 1. The highest BCUT2D eigenvalue weighted by atomic mass is 127. The molecule has 5 atom stereocenters. The number of ether oxygens (including phenoxy) is 1. The van der Waals surface area contributed by atoms with Gasteiger partial charge in [0, 0.05) is 12.3 Å². The first-order chi connectivity index (χ1) is 9.45. The Morgan fingerprint density at radius 3 is 2.70 bits per heavy atom. The molecule has 0 bridgehead atoms. The first kappa shape index (κ1) is 15.6. The monoisotopic (exact) mass is 402 g/mol. The lowest BCUT2D eigenvalue weighted by molar-refractivity contribution is -0.316. The fourth-order valence-electron chi connectivity index (χ4n) is 1.87. The van der Waals surface area contributed by atoms with Gasteiger partial charge in [-0.15, -0.1) is 0 Å². The summed E-state index contributed by atoms with van der Waals surface area (Å²) < 4.78 is 10.3. The van der Waals surface area contributed by atoms with Gasteiger partial charge < -0.3 is 20.1 Å². The predicted molar refractivity (Wildman–Crippen MR) is 69.4 cm³/mol. The molecule has 0 saturated carbocycles. The normalized spacial score (nSPS) is 31.4. The van der Waals surface area contributed by atoms with E-state index in [1.807, 2.05) is 4.98 Å². The lowest BCUT2D eigenvalue weighted by Gasteiger charge is -2.18. The number of nitrogens with one attached hydrogen (secondary N) is 1. The zero-order valence-corrected chi connectivity index (χ0v) is 11.9. The maximum Gasteiger partial charge on any atom is 0.330 e. The third kappa shape index (κ3) is 2.93. The molecule has 11 heteroatoms. The van der Waals surface area contributed by atoms with Gasteiger partial charge in [-0.2, -0.15) is 8.10 Å². The standard InChI is InChI=1S/C9H11IN2O8/c10-20-19-8(16)6-4(14)5(15)7(18-6)12-2-1-3(13)11-9(12)17/h1-2,4-8,14-16H,(H,11,13,17)/t4-,5+,6-,7+,8?/m0/s1. The second kappa shape index (κ2) is 6.30. The van der Waals surface area contributed by atoms with Crippen LogP contribution in [-0.2, 0) is 12.8 Å². The van der Waals surface area contributed by atoms with Crippen molar-refractivity contribution >= 4 is 23.0 Å². The molecule has 0 aliphatic carbocycles. The van der Waals surface area contributed by atoms with Crippen molar-refractivity contribution in [2.45, 2.75) is 30.8 Å². The van der Waals surface area contributed by atoms with Crippen LogP contribution in [0.15, 0.2) is 21.9 Å². The largest absolute Gasteiger partial charge is 0.387 e. The van der Waals surface area contributed by atoms with Gasteiger partial charge in [-0.05, 0) is 0 Å². The van der Waals surface area contributed by atoms with Crippen LogP contribution < -0.4 is 11.2 Å². The Morgan fingerprint density at radius 1 is 1.40 bits per heavy atom. The van der Waals surface area contributed by atoms with Gasteiger partial charge in [-0.1, -0.05) is 0 Å². The molecule has 10 nitrogen and oxygen atoms in total. The Morgan fingerprint density at radius 2 is 2.10 bits per heavy atom. The van der Waals surface area contributed by atoms with E-state index in [-0.39, 0.29) is 0 Å². The number of nitrogens with zero attached hydrogens (tertiary/aromatic N) is 1. The summed E-state index contributed by atoms with van der Waals surface area (Å²) in [6, 6.07) is 1.05. The Labute approximate surface area is 125 Å². The fourth-order valence-corrected chi connectivity index (χ4v) is 2.08. The minimum atomic E-state index is -1.67. The lowest BCUT2D eigenvalue weighted by atomic mass is 10.1. The second-order valence-corrected chi connectivity index (χ2v) is 4.40. The topological polar surface area (TPSA) is 143 Å².